The maximum Gasteiger partial charge on any atom is 0.333 e. The molecule has 240 valence electrons. The third kappa shape index (κ3) is 4.00. The number of aliphatic hydroxyl groups excluding tert-OH is 1. The molecule has 1 saturated heterocycles. The van der Waals surface area contributed by atoms with Gasteiger partial charge in [-0.05, 0) is 44.2 Å². The molecule has 9 nitrogen and oxygen atoms in total. The summed E-state index contributed by atoms with van der Waals surface area (Å²) in [7, 11) is 0. The minimum Gasteiger partial charge on any atom is -0.472 e. The van der Waals surface area contributed by atoms with E-state index in [2.05, 4.69) is 33.8 Å². The lowest BCUT2D eigenvalue weighted by atomic mass is 9.36. The number of fused-ring (bicyclic) bond motifs is 4. The van der Waals surface area contributed by atoms with Crippen molar-refractivity contribution in [3.63, 3.8) is 0 Å². The second-order valence-electron chi connectivity index (χ2n) is 14.7. The largest absolute Gasteiger partial charge is 0.472 e. The molecule has 3 saturated carbocycles. The van der Waals surface area contributed by atoms with Gasteiger partial charge in [0.2, 0.25) is 0 Å². The smallest absolute Gasteiger partial charge is 0.333 e. The van der Waals surface area contributed by atoms with Crippen LogP contribution < -0.4 is 0 Å². The zero-order valence-electron chi connectivity index (χ0n) is 27.0. The van der Waals surface area contributed by atoms with E-state index in [1.165, 1.54) is 13.8 Å². The molecule has 6 rings (SSSR count). The standard InChI is InChI=1S/C35H46O9/c1-9-18(2)31(39)44-30-28-29-32(5,17-41-28)26(42-19(3)36)15-27(43-20(4)37)35(29,8)24-14-25(38)33(6)22(21-12-13-40-16-21)10-11-23(33)34(24,30)7/h9,11-13,16,22,24-30,38H,10,14-15,17H2,1-8H3/b18-9+/t22-,24+,25?,26-,27+,28-,29+,30-,32-,33+,34+,35+/m1/s1. The second kappa shape index (κ2) is 10.3. The minimum absolute atomic E-state index is 0.0260. The quantitative estimate of drug-likeness (QED) is 0.206. The average Bonchev–Trinajstić information content (AvgIpc) is 3.69. The number of rotatable bonds is 5. The fourth-order valence-electron chi connectivity index (χ4n) is 10.6. The predicted molar refractivity (Wildman–Crippen MR) is 159 cm³/mol. The Hall–Kier alpha value is -2.91. The molecule has 1 N–H and O–H groups in total. The Balaban J connectivity index is 1.56. The summed E-state index contributed by atoms with van der Waals surface area (Å²) in [5.74, 6) is -1.84. The van der Waals surface area contributed by atoms with Crippen molar-refractivity contribution >= 4 is 17.9 Å². The average molecular weight is 611 g/mol. The van der Waals surface area contributed by atoms with E-state index in [4.69, 9.17) is 23.4 Å². The number of esters is 3. The van der Waals surface area contributed by atoms with Gasteiger partial charge in [-0.1, -0.05) is 45.4 Å². The van der Waals surface area contributed by atoms with E-state index < -0.39 is 70.1 Å². The first-order chi connectivity index (χ1) is 20.6. The Labute approximate surface area is 259 Å². The number of aliphatic hydroxyl groups is 1. The Bertz CT molecular complexity index is 1410. The van der Waals surface area contributed by atoms with Gasteiger partial charge in [0.15, 0.2) is 0 Å². The van der Waals surface area contributed by atoms with Crippen LogP contribution >= 0.6 is 0 Å². The molecule has 5 aliphatic rings. The van der Waals surface area contributed by atoms with Crippen LogP contribution in [0.1, 0.15) is 86.1 Å². The van der Waals surface area contributed by atoms with E-state index in [0.29, 0.717) is 31.4 Å². The van der Waals surface area contributed by atoms with Crippen LogP contribution in [0.5, 0.6) is 0 Å². The summed E-state index contributed by atoms with van der Waals surface area (Å²) in [6, 6.07) is 1.96. The van der Waals surface area contributed by atoms with Crippen LogP contribution in [0.4, 0.5) is 0 Å². The first-order valence-corrected chi connectivity index (χ1v) is 15.9. The van der Waals surface area contributed by atoms with Crippen LogP contribution in [0, 0.1) is 33.5 Å². The van der Waals surface area contributed by atoms with E-state index >= 15 is 0 Å². The van der Waals surface area contributed by atoms with Crippen LogP contribution in [0.3, 0.4) is 0 Å². The highest BCUT2D eigenvalue weighted by atomic mass is 16.6. The van der Waals surface area contributed by atoms with E-state index in [9.17, 15) is 19.5 Å². The highest BCUT2D eigenvalue weighted by Gasteiger charge is 2.79. The maximum absolute atomic E-state index is 13.6. The van der Waals surface area contributed by atoms with Gasteiger partial charge in [-0.25, -0.2) is 4.79 Å². The molecule has 1 aromatic heterocycles. The monoisotopic (exact) mass is 610 g/mol. The maximum atomic E-state index is 13.6. The van der Waals surface area contributed by atoms with Crippen LogP contribution in [0.25, 0.3) is 0 Å². The molecule has 1 aromatic rings. The minimum atomic E-state index is -0.774. The van der Waals surface area contributed by atoms with E-state index in [-0.39, 0.29) is 17.8 Å². The molecule has 1 aliphatic heterocycles. The van der Waals surface area contributed by atoms with E-state index in [0.717, 1.165) is 11.1 Å². The van der Waals surface area contributed by atoms with Crippen LogP contribution in [0.15, 0.2) is 46.3 Å². The normalized spacial score (nSPS) is 45.8. The molecule has 4 fully saturated rings. The Morgan fingerprint density at radius 1 is 0.977 bits per heavy atom. The van der Waals surface area contributed by atoms with Crippen molar-refractivity contribution in [1.29, 1.82) is 0 Å². The summed E-state index contributed by atoms with van der Waals surface area (Å²) in [4.78, 5) is 38.6. The van der Waals surface area contributed by atoms with Crippen molar-refractivity contribution in [2.45, 2.75) is 111 Å². The Morgan fingerprint density at radius 2 is 1.66 bits per heavy atom. The topological polar surface area (TPSA) is 122 Å². The fraction of sp³-hybridized carbons (Fsp3) is 0.686. The van der Waals surface area contributed by atoms with Gasteiger partial charge in [-0.15, -0.1) is 0 Å². The van der Waals surface area contributed by atoms with Crippen molar-refractivity contribution in [1.82, 2.24) is 0 Å². The third-order valence-electron chi connectivity index (χ3n) is 12.7. The summed E-state index contributed by atoms with van der Waals surface area (Å²) < 4.78 is 30.8. The van der Waals surface area contributed by atoms with E-state index in [1.54, 1.807) is 32.4 Å². The predicted octanol–water partition coefficient (Wildman–Crippen LogP) is 5.27. The lowest BCUT2D eigenvalue weighted by Crippen LogP contribution is -2.74. The van der Waals surface area contributed by atoms with Gasteiger partial charge in [0.1, 0.15) is 18.3 Å². The summed E-state index contributed by atoms with van der Waals surface area (Å²) in [6.07, 6.45) is 5.60. The molecule has 0 spiro atoms. The van der Waals surface area contributed by atoms with E-state index in [1.807, 2.05) is 6.07 Å². The van der Waals surface area contributed by atoms with Crippen LogP contribution in [-0.4, -0.2) is 60.1 Å². The summed E-state index contributed by atoms with van der Waals surface area (Å²) in [5.41, 5.74) is -0.232. The first-order valence-electron chi connectivity index (χ1n) is 15.9. The molecular weight excluding hydrogens is 564 g/mol. The van der Waals surface area contributed by atoms with Gasteiger partial charge in [0, 0.05) is 59.3 Å². The molecule has 12 atom stereocenters. The molecule has 0 radical (unpaired) electrons. The summed E-state index contributed by atoms with van der Waals surface area (Å²) >= 11 is 0. The Kier molecular flexibility index (Phi) is 7.28. The number of ether oxygens (including phenoxy) is 4. The zero-order valence-corrected chi connectivity index (χ0v) is 27.0. The highest BCUT2D eigenvalue weighted by molar-refractivity contribution is 5.87. The van der Waals surface area contributed by atoms with Crippen molar-refractivity contribution in [2.24, 2.45) is 33.5 Å². The zero-order chi connectivity index (χ0) is 32.0. The third-order valence-corrected chi connectivity index (χ3v) is 12.7. The van der Waals surface area contributed by atoms with Crippen molar-refractivity contribution in [3.05, 3.63) is 47.5 Å². The molecule has 0 bridgehead atoms. The summed E-state index contributed by atoms with van der Waals surface area (Å²) in [5, 5.41) is 12.2. The SMILES string of the molecule is C/C=C(\C)C(=O)O[C@@H]1[C@@H]2OC[C@]3(C)[C@H](OC(C)=O)C[C@H](OC(C)=O)[C@@](C)([C@@H]23)[C@H]2CC(O)[C@]3(C)C(=CC[C@@H]3c3ccoc3)[C@]12C. The summed E-state index contributed by atoms with van der Waals surface area (Å²) in [6.45, 7) is 15.1. The molecule has 4 aliphatic carbocycles. The highest BCUT2D eigenvalue weighted by Crippen LogP contribution is 2.76. The molecule has 9 heteroatoms. The lowest BCUT2D eigenvalue weighted by Gasteiger charge is -2.70. The number of carbonyl (C=O) groups excluding carboxylic acids is 3. The molecule has 0 amide bonds. The molecule has 0 aromatic carbocycles. The number of hydrogen-bond acceptors (Lipinski definition) is 9. The number of allylic oxidation sites excluding steroid dienone is 2. The second-order valence-corrected chi connectivity index (χ2v) is 14.7. The van der Waals surface area contributed by atoms with Crippen molar-refractivity contribution < 1.29 is 42.9 Å². The van der Waals surface area contributed by atoms with Crippen molar-refractivity contribution in [2.75, 3.05) is 6.61 Å². The molecule has 1 unspecified atom stereocenters. The Morgan fingerprint density at radius 3 is 2.27 bits per heavy atom. The van der Waals surface area contributed by atoms with Gasteiger partial charge in [0.25, 0.3) is 0 Å². The first kappa shape index (κ1) is 31.1. The molecular formula is C35H46O9. The number of furan rings is 1. The molecule has 44 heavy (non-hydrogen) atoms. The van der Waals surface area contributed by atoms with Crippen LogP contribution in [0.2, 0.25) is 0 Å². The van der Waals surface area contributed by atoms with Gasteiger partial charge < -0.3 is 28.5 Å². The van der Waals surface area contributed by atoms with Crippen LogP contribution in [-0.2, 0) is 33.3 Å². The molecule has 2 heterocycles. The van der Waals surface area contributed by atoms with Gasteiger partial charge >= 0.3 is 17.9 Å². The van der Waals surface area contributed by atoms with Gasteiger partial charge in [-0.2, -0.15) is 0 Å². The number of carbonyl (C=O) groups is 3. The number of hydrogen-bond donors (Lipinski definition) is 1. The van der Waals surface area contributed by atoms with Crippen molar-refractivity contribution in [3.8, 4) is 0 Å². The van der Waals surface area contributed by atoms with Gasteiger partial charge in [0.05, 0.1) is 31.3 Å². The fourth-order valence-corrected chi connectivity index (χ4v) is 10.6. The lowest BCUT2D eigenvalue weighted by molar-refractivity contribution is -0.272. The van der Waals surface area contributed by atoms with Gasteiger partial charge in [-0.3, -0.25) is 9.59 Å².